The van der Waals surface area contributed by atoms with E-state index >= 15 is 0 Å². The Morgan fingerprint density at radius 1 is 1.30 bits per heavy atom. The number of benzene rings is 1. The van der Waals surface area contributed by atoms with E-state index in [0.29, 0.717) is 0 Å². The Morgan fingerprint density at radius 3 is 2.45 bits per heavy atom. The van der Waals surface area contributed by atoms with Crippen molar-refractivity contribution in [3.63, 3.8) is 0 Å². The van der Waals surface area contributed by atoms with Gasteiger partial charge in [-0.15, -0.1) is 13.2 Å². The first-order valence-corrected chi connectivity index (χ1v) is 7.00. The van der Waals surface area contributed by atoms with Gasteiger partial charge in [0.1, 0.15) is 10.6 Å². The van der Waals surface area contributed by atoms with Crippen molar-refractivity contribution in [2.75, 3.05) is 13.7 Å². The fourth-order valence-corrected chi connectivity index (χ4v) is 2.85. The zero-order chi connectivity index (χ0) is 15.4. The van der Waals surface area contributed by atoms with Crippen LogP contribution in [0.3, 0.4) is 0 Å². The van der Waals surface area contributed by atoms with Gasteiger partial charge in [-0.1, -0.05) is 12.1 Å². The van der Waals surface area contributed by atoms with Crippen molar-refractivity contribution in [3.8, 4) is 5.75 Å². The van der Waals surface area contributed by atoms with E-state index in [0.717, 1.165) is 12.1 Å². The summed E-state index contributed by atoms with van der Waals surface area (Å²) in [5.74, 6) is -0.780. The molecule has 1 rings (SSSR count). The van der Waals surface area contributed by atoms with Crippen molar-refractivity contribution in [3.05, 3.63) is 24.3 Å². The molecule has 0 aliphatic carbocycles. The van der Waals surface area contributed by atoms with Crippen molar-refractivity contribution >= 4 is 10.0 Å². The highest BCUT2D eigenvalue weighted by atomic mass is 32.2. The van der Waals surface area contributed by atoms with Crippen LogP contribution in [0, 0.1) is 0 Å². The highest BCUT2D eigenvalue weighted by molar-refractivity contribution is 7.89. The third kappa shape index (κ3) is 4.99. The van der Waals surface area contributed by atoms with Crippen LogP contribution < -0.4 is 9.46 Å². The van der Waals surface area contributed by atoms with Gasteiger partial charge in [-0.25, -0.2) is 13.1 Å². The lowest BCUT2D eigenvalue weighted by atomic mass is 10.3. The molecule has 1 N–H and O–H groups in total. The molecule has 0 saturated carbocycles. The van der Waals surface area contributed by atoms with Gasteiger partial charge < -0.3 is 9.47 Å². The van der Waals surface area contributed by atoms with Gasteiger partial charge in [-0.2, -0.15) is 0 Å². The van der Waals surface area contributed by atoms with Crippen molar-refractivity contribution in [1.29, 1.82) is 0 Å². The third-order valence-electron chi connectivity index (χ3n) is 2.14. The van der Waals surface area contributed by atoms with Gasteiger partial charge in [-0.05, 0) is 19.1 Å². The van der Waals surface area contributed by atoms with E-state index in [1.807, 2.05) is 0 Å². The maximum atomic E-state index is 12.2. The predicted molar refractivity (Wildman–Crippen MR) is 64.8 cm³/mol. The molecule has 0 bridgehead atoms. The molecule has 5 nitrogen and oxygen atoms in total. The molecule has 0 amide bonds. The Kier molecular flexibility index (Phi) is 5.37. The zero-order valence-corrected chi connectivity index (χ0v) is 11.6. The lowest BCUT2D eigenvalue weighted by Crippen LogP contribution is -2.36. The lowest BCUT2D eigenvalue weighted by molar-refractivity contribution is -0.275. The van der Waals surface area contributed by atoms with E-state index in [1.165, 1.54) is 26.2 Å². The number of alkyl halides is 3. The minimum Gasteiger partial charge on any atom is -0.404 e. The molecular weight excluding hydrogens is 299 g/mol. The van der Waals surface area contributed by atoms with Crippen LogP contribution in [-0.4, -0.2) is 34.5 Å². The molecule has 0 unspecified atom stereocenters. The number of sulfonamides is 1. The number of ether oxygens (including phenoxy) is 2. The smallest absolute Gasteiger partial charge is 0.404 e. The number of halogens is 3. The van der Waals surface area contributed by atoms with Crippen LogP contribution in [0.25, 0.3) is 0 Å². The lowest BCUT2D eigenvalue weighted by Gasteiger charge is -2.16. The van der Waals surface area contributed by atoms with Gasteiger partial charge in [0, 0.05) is 13.2 Å². The van der Waals surface area contributed by atoms with Gasteiger partial charge in [0.25, 0.3) is 0 Å². The second-order valence-electron chi connectivity index (χ2n) is 3.97. The largest absolute Gasteiger partial charge is 0.573 e. The second-order valence-corrected chi connectivity index (χ2v) is 5.65. The van der Waals surface area contributed by atoms with E-state index in [9.17, 15) is 21.6 Å². The van der Waals surface area contributed by atoms with Crippen LogP contribution >= 0.6 is 0 Å². The van der Waals surface area contributed by atoms with Crippen molar-refractivity contribution in [2.45, 2.75) is 24.2 Å². The molecule has 114 valence electrons. The van der Waals surface area contributed by atoms with E-state index < -0.39 is 33.1 Å². The molecule has 20 heavy (non-hydrogen) atoms. The summed E-state index contributed by atoms with van der Waals surface area (Å²) < 4.78 is 71.4. The average molecular weight is 313 g/mol. The van der Waals surface area contributed by atoms with Gasteiger partial charge in [0.15, 0.2) is 0 Å². The van der Waals surface area contributed by atoms with Gasteiger partial charge in [0.05, 0.1) is 6.61 Å². The summed E-state index contributed by atoms with van der Waals surface area (Å²) in [4.78, 5) is -0.583. The average Bonchev–Trinajstić information content (AvgIpc) is 2.26. The van der Waals surface area contributed by atoms with E-state index in [-0.39, 0.29) is 6.61 Å². The summed E-state index contributed by atoms with van der Waals surface area (Å²) in [5.41, 5.74) is 0. The van der Waals surface area contributed by atoms with Crippen LogP contribution in [0.2, 0.25) is 0 Å². The Morgan fingerprint density at radius 2 is 1.90 bits per heavy atom. The zero-order valence-electron chi connectivity index (χ0n) is 10.8. The molecule has 0 aliphatic heterocycles. The van der Waals surface area contributed by atoms with E-state index in [4.69, 9.17) is 4.74 Å². The summed E-state index contributed by atoms with van der Waals surface area (Å²) in [7, 11) is -2.76. The number of nitrogens with one attached hydrogen (secondary N) is 1. The number of rotatable bonds is 6. The predicted octanol–water partition coefficient (Wildman–Crippen LogP) is 1.90. The minimum absolute atomic E-state index is 0.0848. The first kappa shape index (κ1) is 16.7. The van der Waals surface area contributed by atoms with Gasteiger partial charge >= 0.3 is 6.36 Å². The molecule has 0 aliphatic rings. The fourth-order valence-electron chi connectivity index (χ4n) is 1.49. The number of hydrogen-bond acceptors (Lipinski definition) is 4. The Hall–Kier alpha value is -1.32. The Bertz CT molecular complexity index is 545. The van der Waals surface area contributed by atoms with Crippen LogP contribution in [-0.2, 0) is 14.8 Å². The quantitative estimate of drug-likeness (QED) is 0.871. The molecule has 0 radical (unpaired) electrons. The fraction of sp³-hybridized carbons (Fsp3) is 0.455. The molecule has 0 saturated heterocycles. The van der Waals surface area contributed by atoms with E-state index in [1.54, 1.807) is 0 Å². The maximum absolute atomic E-state index is 12.2. The third-order valence-corrected chi connectivity index (χ3v) is 3.77. The van der Waals surface area contributed by atoms with Crippen molar-refractivity contribution in [2.24, 2.45) is 0 Å². The second kappa shape index (κ2) is 6.42. The summed E-state index contributed by atoms with van der Waals surface area (Å²) in [5, 5.41) is 0. The SMILES string of the molecule is COC[C@@H](C)NS(=O)(=O)c1ccccc1OC(F)(F)F. The molecule has 1 aromatic rings. The number of hydrogen-bond donors (Lipinski definition) is 1. The molecule has 1 atom stereocenters. The van der Waals surface area contributed by atoms with Crippen LogP contribution in [0.4, 0.5) is 13.2 Å². The molecule has 9 heteroatoms. The molecule has 0 heterocycles. The van der Waals surface area contributed by atoms with E-state index in [2.05, 4.69) is 9.46 Å². The first-order valence-electron chi connectivity index (χ1n) is 5.52. The summed E-state index contributed by atoms with van der Waals surface area (Å²) in [6.45, 7) is 1.61. The van der Waals surface area contributed by atoms with Gasteiger partial charge in [0.2, 0.25) is 10.0 Å². The molecule has 0 fully saturated rings. The maximum Gasteiger partial charge on any atom is 0.573 e. The normalized spacial score (nSPS) is 14.1. The molecular formula is C11H14F3NO4S. The minimum atomic E-state index is -4.97. The van der Waals surface area contributed by atoms with Gasteiger partial charge in [-0.3, -0.25) is 0 Å². The summed E-state index contributed by atoms with van der Waals surface area (Å²) in [6, 6.07) is 3.92. The summed E-state index contributed by atoms with van der Waals surface area (Å²) in [6.07, 6.45) is -4.97. The highest BCUT2D eigenvalue weighted by Gasteiger charge is 2.34. The molecule has 0 aromatic heterocycles. The molecule has 0 spiro atoms. The first-order chi connectivity index (χ1) is 9.15. The standard InChI is InChI=1S/C11H14F3NO4S/c1-8(7-18-2)15-20(16,17)10-6-4-3-5-9(10)19-11(12,13)14/h3-6,8,15H,7H2,1-2H3/t8-/m1/s1. The number of methoxy groups -OCH3 is 1. The summed E-state index contributed by atoms with van der Waals surface area (Å²) >= 11 is 0. The van der Waals surface area contributed by atoms with Crippen LogP contribution in [0.1, 0.15) is 6.92 Å². The van der Waals surface area contributed by atoms with Crippen LogP contribution in [0.15, 0.2) is 29.2 Å². The topological polar surface area (TPSA) is 64.6 Å². The Balaban J connectivity index is 3.06. The van der Waals surface area contributed by atoms with Crippen molar-refractivity contribution in [1.82, 2.24) is 4.72 Å². The number of para-hydroxylation sites is 1. The Labute approximate surface area is 114 Å². The van der Waals surface area contributed by atoms with Crippen molar-refractivity contribution < 1.29 is 31.1 Å². The highest BCUT2D eigenvalue weighted by Crippen LogP contribution is 2.29. The monoisotopic (exact) mass is 313 g/mol. The molecule has 1 aromatic carbocycles. The van der Waals surface area contributed by atoms with Crippen LogP contribution in [0.5, 0.6) is 5.75 Å².